The SMILES string of the molecule is O=C(NCc1nc(C2CCCO2)n[nH]1)N1CCN(CC(F)F)CC1. The molecule has 2 aliphatic rings. The predicted molar refractivity (Wildman–Crippen MR) is 80.6 cm³/mol. The van der Waals surface area contributed by atoms with Crippen LogP contribution in [0.5, 0.6) is 0 Å². The summed E-state index contributed by atoms with van der Waals surface area (Å²) >= 11 is 0. The van der Waals surface area contributed by atoms with Gasteiger partial charge in [-0.15, -0.1) is 0 Å². The van der Waals surface area contributed by atoms with Crippen LogP contribution in [0.25, 0.3) is 0 Å². The summed E-state index contributed by atoms with van der Waals surface area (Å²) < 4.78 is 30.2. The molecule has 2 aliphatic heterocycles. The molecule has 2 saturated heterocycles. The molecule has 3 heterocycles. The zero-order chi connectivity index (χ0) is 16.9. The molecule has 1 atom stereocenters. The highest BCUT2D eigenvalue weighted by Crippen LogP contribution is 2.25. The van der Waals surface area contributed by atoms with E-state index >= 15 is 0 Å². The lowest BCUT2D eigenvalue weighted by atomic mass is 10.2. The quantitative estimate of drug-likeness (QED) is 0.823. The van der Waals surface area contributed by atoms with Crippen molar-refractivity contribution in [3.63, 3.8) is 0 Å². The standard InChI is InChI=1S/C14H22F2N6O2/c15-11(16)9-21-3-5-22(6-4-21)14(23)17-8-12-18-13(20-19-12)10-2-1-7-24-10/h10-11H,1-9H2,(H,17,23)(H,18,19,20). The van der Waals surface area contributed by atoms with Gasteiger partial charge in [0.1, 0.15) is 11.9 Å². The van der Waals surface area contributed by atoms with Crippen LogP contribution in [0.3, 0.4) is 0 Å². The van der Waals surface area contributed by atoms with Gasteiger partial charge in [0.2, 0.25) is 0 Å². The van der Waals surface area contributed by atoms with Gasteiger partial charge in [-0.25, -0.2) is 18.6 Å². The van der Waals surface area contributed by atoms with Gasteiger partial charge in [0.25, 0.3) is 6.43 Å². The number of piperazine rings is 1. The first-order valence-corrected chi connectivity index (χ1v) is 8.18. The Morgan fingerprint density at radius 1 is 1.38 bits per heavy atom. The molecular weight excluding hydrogens is 322 g/mol. The normalized spacial score (nSPS) is 22.3. The second-order valence-electron chi connectivity index (χ2n) is 5.98. The van der Waals surface area contributed by atoms with Crippen LogP contribution in [0.1, 0.15) is 30.6 Å². The van der Waals surface area contributed by atoms with Crippen LogP contribution in [0.2, 0.25) is 0 Å². The zero-order valence-electron chi connectivity index (χ0n) is 13.4. The number of amides is 2. The molecule has 134 valence electrons. The molecule has 0 aliphatic carbocycles. The van der Waals surface area contributed by atoms with E-state index in [0.717, 1.165) is 19.4 Å². The minimum atomic E-state index is -2.34. The van der Waals surface area contributed by atoms with Crippen LogP contribution in [-0.4, -0.2) is 76.8 Å². The molecule has 0 radical (unpaired) electrons. The Balaban J connectivity index is 1.41. The molecule has 0 spiro atoms. The maximum absolute atomic E-state index is 12.3. The number of rotatable bonds is 5. The molecule has 2 amide bonds. The molecule has 2 fully saturated rings. The van der Waals surface area contributed by atoms with Crippen LogP contribution < -0.4 is 5.32 Å². The van der Waals surface area contributed by atoms with Gasteiger partial charge in [-0.2, -0.15) is 5.10 Å². The fourth-order valence-electron chi connectivity index (χ4n) is 2.91. The fourth-order valence-corrected chi connectivity index (χ4v) is 2.91. The number of carbonyl (C=O) groups is 1. The van der Waals surface area contributed by atoms with Crippen molar-refractivity contribution in [1.82, 2.24) is 30.3 Å². The van der Waals surface area contributed by atoms with E-state index in [1.807, 2.05) is 0 Å². The Hall–Kier alpha value is -1.81. The molecular formula is C14H22F2N6O2. The van der Waals surface area contributed by atoms with Crippen LogP contribution in [-0.2, 0) is 11.3 Å². The summed E-state index contributed by atoms with van der Waals surface area (Å²) in [6.07, 6.45) is -0.487. The van der Waals surface area contributed by atoms with Crippen molar-refractivity contribution < 1.29 is 18.3 Å². The van der Waals surface area contributed by atoms with Crippen LogP contribution in [0.15, 0.2) is 0 Å². The first-order chi connectivity index (χ1) is 11.6. The van der Waals surface area contributed by atoms with Gasteiger partial charge in [0, 0.05) is 32.8 Å². The molecule has 10 heteroatoms. The minimum Gasteiger partial charge on any atom is -0.370 e. The largest absolute Gasteiger partial charge is 0.370 e. The van der Waals surface area contributed by atoms with Gasteiger partial charge in [-0.05, 0) is 12.8 Å². The molecule has 8 nitrogen and oxygen atoms in total. The van der Waals surface area contributed by atoms with Gasteiger partial charge < -0.3 is 15.0 Å². The number of hydrogen-bond donors (Lipinski definition) is 2. The van der Waals surface area contributed by atoms with Gasteiger partial charge in [0.15, 0.2) is 5.82 Å². The fraction of sp³-hybridized carbons (Fsp3) is 0.786. The molecule has 2 N–H and O–H groups in total. The van der Waals surface area contributed by atoms with E-state index in [2.05, 4.69) is 20.5 Å². The van der Waals surface area contributed by atoms with E-state index in [-0.39, 0.29) is 25.2 Å². The summed E-state index contributed by atoms with van der Waals surface area (Å²) in [4.78, 5) is 19.8. The maximum atomic E-state index is 12.3. The number of carbonyl (C=O) groups excluding carboxylic acids is 1. The molecule has 24 heavy (non-hydrogen) atoms. The first-order valence-electron chi connectivity index (χ1n) is 8.18. The van der Waals surface area contributed by atoms with E-state index in [9.17, 15) is 13.6 Å². The number of alkyl halides is 2. The Labute approximate surface area is 138 Å². The molecule has 1 aromatic rings. The number of ether oxygens (including phenoxy) is 1. The molecule has 3 rings (SSSR count). The number of nitrogens with one attached hydrogen (secondary N) is 2. The summed E-state index contributed by atoms with van der Waals surface area (Å²) in [6.45, 7) is 2.54. The van der Waals surface area contributed by atoms with Crippen molar-refractivity contribution in [1.29, 1.82) is 0 Å². The molecule has 0 bridgehead atoms. The third kappa shape index (κ3) is 4.38. The second-order valence-corrected chi connectivity index (χ2v) is 5.98. The monoisotopic (exact) mass is 344 g/mol. The Bertz CT molecular complexity index is 541. The summed E-state index contributed by atoms with van der Waals surface area (Å²) in [5.74, 6) is 1.20. The second kappa shape index (κ2) is 7.84. The summed E-state index contributed by atoms with van der Waals surface area (Å²) in [7, 11) is 0. The van der Waals surface area contributed by atoms with Crippen molar-refractivity contribution in [2.24, 2.45) is 0 Å². The molecule has 0 saturated carbocycles. The van der Waals surface area contributed by atoms with Crippen LogP contribution in [0, 0.1) is 0 Å². The smallest absolute Gasteiger partial charge is 0.317 e. The highest BCUT2D eigenvalue weighted by Gasteiger charge is 2.24. The number of hydrogen-bond acceptors (Lipinski definition) is 5. The summed E-state index contributed by atoms with van der Waals surface area (Å²) in [5.41, 5.74) is 0. The lowest BCUT2D eigenvalue weighted by molar-refractivity contribution is 0.0636. The number of aromatic nitrogens is 3. The van der Waals surface area contributed by atoms with Crippen molar-refractivity contribution in [3.05, 3.63) is 11.6 Å². The number of urea groups is 1. The third-order valence-corrected chi connectivity index (χ3v) is 4.23. The molecule has 1 aromatic heterocycles. The molecule has 1 unspecified atom stereocenters. The maximum Gasteiger partial charge on any atom is 0.317 e. The highest BCUT2D eigenvalue weighted by atomic mass is 19.3. The van der Waals surface area contributed by atoms with E-state index in [1.54, 1.807) is 9.80 Å². The Morgan fingerprint density at radius 3 is 2.83 bits per heavy atom. The Morgan fingerprint density at radius 2 is 2.17 bits per heavy atom. The zero-order valence-corrected chi connectivity index (χ0v) is 13.4. The van der Waals surface area contributed by atoms with Crippen molar-refractivity contribution in [3.8, 4) is 0 Å². The van der Waals surface area contributed by atoms with E-state index in [1.165, 1.54) is 0 Å². The van der Waals surface area contributed by atoms with E-state index < -0.39 is 6.43 Å². The van der Waals surface area contributed by atoms with Crippen molar-refractivity contribution in [2.75, 3.05) is 39.3 Å². The lowest BCUT2D eigenvalue weighted by Crippen LogP contribution is -2.52. The molecule has 0 aromatic carbocycles. The van der Waals surface area contributed by atoms with Gasteiger partial charge >= 0.3 is 6.03 Å². The third-order valence-electron chi connectivity index (χ3n) is 4.23. The average molecular weight is 344 g/mol. The van der Waals surface area contributed by atoms with E-state index in [0.29, 0.717) is 37.8 Å². The van der Waals surface area contributed by atoms with Crippen molar-refractivity contribution in [2.45, 2.75) is 31.9 Å². The van der Waals surface area contributed by atoms with Gasteiger partial charge in [-0.3, -0.25) is 10.00 Å². The van der Waals surface area contributed by atoms with Crippen LogP contribution in [0.4, 0.5) is 13.6 Å². The highest BCUT2D eigenvalue weighted by molar-refractivity contribution is 5.74. The number of H-pyrrole nitrogens is 1. The van der Waals surface area contributed by atoms with Gasteiger partial charge in [0.05, 0.1) is 13.1 Å². The predicted octanol–water partition coefficient (Wildman–Crippen LogP) is 0.748. The topological polar surface area (TPSA) is 86.4 Å². The van der Waals surface area contributed by atoms with Crippen molar-refractivity contribution >= 4 is 6.03 Å². The number of aromatic amines is 1. The van der Waals surface area contributed by atoms with Crippen LogP contribution >= 0.6 is 0 Å². The number of nitrogens with zero attached hydrogens (tertiary/aromatic N) is 4. The average Bonchev–Trinajstić information content (AvgIpc) is 3.24. The van der Waals surface area contributed by atoms with E-state index in [4.69, 9.17) is 4.74 Å². The summed E-state index contributed by atoms with van der Waals surface area (Å²) in [5, 5.41) is 9.70. The first kappa shape index (κ1) is 17.0. The minimum absolute atomic E-state index is 0.0615. The lowest BCUT2D eigenvalue weighted by Gasteiger charge is -2.34. The van der Waals surface area contributed by atoms with Gasteiger partial charge in [-0.1, -0.05) is 0 Å². The summed E-state index contributed by atoms with van der Waals surface area (Å²) in [6, 6.07) is -0.221. The number of halogens is 2. The Kier molecular flexibility index (Phi) is 5.56.